The first-order valence-corrected chi connectivity index (χ1v) is 9.99. The molecule has 1 aromatic heterocycles. The van der Waals surface area contributed by atoms with E-state index >= 15 is 0 Å². The predicted molar refractivity (Wildman–Crippen MR) is 111 cm³/mol. The molecule has 0 saturated carbocycles. The van der Waals surface area contributed by atoms with E-state index in [4.69, 9.17) is 0 Å². The zero-order chi connectivity index (χ0) is 19.6. The molecule has 27 heavy (non-hydrogen) atoms. The highest BCUT2D eigenvalue weighted by atomic mass is 16.2. The highest BCUT2D eigenvalue weighted by Gasteiger charge is 2.29. The molecule has 1 aliphatic rings. The van der Waals surface area contributed by atoms with Gasteiger partial charge in [-0.25, -0.2) is 0 Å². The van der Waals surface area contributed by atoms with Gasteiger partial charge < -0.3 is 14.4 Å². The summed E-state index contributed by atoms with van der Waals surface area (Å²) in [5, 5.41) is 0. The fourth-order valence-corrected chi connectivity index (χ4v) is 3.84. The zero-order valence-corrected chi connectivity index (χ0v) is 17.4. The average Bonchev–Trinajstić information content (AvgIpc) is 3.12. The van der Waals surface area contributed by atoms with Crippen LogP contribution >= 0.6 is 0 Å². The highest BCUT2D eigenvalue weighted by molar-refractivity contribution is 5.94. The van der Waals surface area contributed by atoms with Crippen molar-refractivity contribution in [1.82, 2.24) is 14.4 Å². The molecule has 1 aliphatic heterocycles. The Hall–Kier alpha value is -2.07. The maximum absolute atomic E-state index is 13.2. The summed E-state index contributed by atoms with van der Waals surface area (Å²) < 4.78 is 2.12. The lowest BCUT2D eigenvalue weighted by Gasteiger charge is -2.36. The van der Waals surface area contributed by atoms with Gasteiger partial charge in [-0.3, -0.25) is 4.79 Å². The second-order valence-corrected chi connectivity index (χ2v) is 8.97. The van der Waals surface area contributed by atoms with Gasteiger partial charge in [0, 0.05) is 31.0 Å². The lowest BCUT2D eigenvalue weighted by atomic mass is 9.94. The lowest BCUT2D eigenvalue weighted by Crippen LogP contribution is -2.38. The molecular weight excluding hydrogens is 334 g/mol. The third-order valence-electron chi connectivity index (χ3n) is 5.34. The van der Waals surface area contributed by atoms with Crippen LogP contribution in [0.1, 0.15) is 67.6 Å². The maximum atomic E-state index is 13.2. The Morgan fingerprint density at radius 2 is 1.81 bits per heavy atom. The van der Waals surface area contributed by atoms with Gasteiger partial charge >= 0.3 is 0 Å². The molecular formula is C23H33N3O. The number of hydrogen-bond acceptors (Lipinski definition) is 2. The molecule has 0 radical (unpaired) electrons. The van der Waals surface area contributed by atoms with E-state index in [1.54, 1.807) is 0 Å². The fourth-order valence-electron chi connectivity index (χ4n) is 3.84. The Bertz CT molecular complexity index is 768. The number of piperidine rings is 1. The van der Waals surface area contributed by atoms with Crippen LogP contribution in [0.3, 0.4) is 0 Å². The summed E-state index contributed by atoms with van der Waals surface area (Å²) in [7, 11) is 4.17. The number of carbonyl (C=O) groups excluding carboxylic acids is 1. The number of aromatic nitrogens is 1. The predicted octanol–water partition coefficient (Wildman–Crippen LogP) is 4.67. The van der Waals surface area contributed by atoms with E-state index in [-0.39, 0.29) is 17.5 Å². The van der Waals surface area contributed by atoms with Gasteiger partial charge in [0.15, 0.2) is 0 Å². The standard InChI is InChI=1S/C23H33N3O/c1-23(2,3)25-15-13-20(17-25)22(27)26-14-7-6-8-21(26)19-11-9-18(10-12-19)16-24(4)5/h9-13,15,17,21H,6-8,14,16H2,1-5H3/t21-/m0/s1. The molecule has 1 amide bonds. The van der Waals surface area contributed by atoms with Crippen molar-refractivity contribution in [2.45, 2.75) is 58.2 Å². The third kappa shape index (κ3) is 4.62. The summed E-state index contributed by atoms with van der Waals surface area (Å²) in [6.07, 6.45) is 7.31. The molecule has 0 bridgehead atoms. The Labute approximate surface area is 163 Å². The first-order chi connectivity index (χ1) is 12.8. The van der Waals surface area contributed by atoms with Gasteiger partial charge in [-0.2, -0.15) is 0 Å². The van der Waals surface area contributed by atoms with Crippen LogP contribution in [0.4, 0.5) is 0 Å². The summed E-state index contributed by atoms with van der Waals surface area (Å²) in [6.45, 7) is 8.23. The van der Waals surface area contributed by atoms with E-state index in [9.17, 15) is 4.79 Å². The third-order valence-corrected chi connectivity index (χ3v) is 5.34. The SMILES string of the molecule is CN(C)Cc1ccc([C@@H]2CCCCN2C(=O)c2ccn(C(C)(C)C)c2)cc1. The molecule has 1 aromatic carbocycles. The first-order valence-electron chi connectivity index (χ1n) is 9.99. The second kappa shape index (κ2) is 7.89. The molecule has 1 saturated heterocycles. The summed E-state index contributed by atoms with van der Waals surface area (Å²) in [5.74, 6) is 0.153. The normalized spacial score (nSPS) is 18.1. The minimum Gasteiger partial charge on any atom is -0.348 e. The van der Waals surface area contributed by atoms with Gasteiger partial charge in [0.05, 0.1) is 11.6 Å². The largest absolute Gasteiger partial charge is 0.348 e. The molecule has 3 rings (SSSR count). The molecule has 0 N–H and O–H groups in total. The number of amides is 1. The smallest absolute Gasteiger partial charge is 0.255 e. The molecule has 0 spiro atoms. The van der Waals surface area contributed by atoms with E-state index in [0.29, 0.717) is 0 Å². The van der Waals surface area contributed by atoms with Crippen molar-refractivity contribution in [3.8, 4) is 0 Å². The van der Waals surface area contributed by atoms with Crippen LogP contribution in [0.5, 0.6) is 0 Å². The molecule has 0 unspecified atom stereocenters. The van der Waals surface area contributed by atoms with Crippen molar-refractivity contribution >= 4 is 5.91 Å². The Morgan fingerprint density at radius 3 is 2.41 bits per heavy atom. The van der Waals surface area contributed by atoms with Gasteiger partial charge in [0.2, 0.25) is 0 Å². The molecule has 1 fully saturated rings. The number of hydrogen-bond donors (Lipinski definition) is 0. The Balaban J connectivity index is 1.80. The Morgan fingerprint density at radius 1 is 1.11 bits per heavy atom. The number of nitrogens with zero attached hydrogens (tertiary/aromatic N) is 3. The molecule has 4 heteroatoms. The second-order valence-electron chi connectivity index (χ2n) is 8.97. The molecule has 4 nitrogen and oxygen atoms in total. The van der Waals surface area contributed by atoms with Crippen molar-refractivity contribution in [2.75, 3.05) is 20.6 Å². The number of carbonyl (C=O) groups is 1. The fraction of sp³-hybridized carbons (Fsp3) is 0.522. The van der Waals surface area contributed by atoms with Crippen LogP contribution in [0, 0.1) is 0 Å². The summed E-state index contributed by atoms with van der Waals surface area (Å²) in [4.78, 5) is 17.5. The Kier molecular flexibility index (Phi) is 5.75. The minimum atomic E-state index is -0.0118. The van der Waals surface area contributed by atoms with Gasteiger partial charge in [-0.1, -0.05) is 24.3 Å². The molecule has 1 atom stereocenters. The van der Waals surface area contributed by atoms with Crippen molar-refractivity contribution in [3.63, 3.8) is 0 Å². The summed E-state index contributed by atoms with van der Waals surface area (Å²) >= 11 is 0. The van der Waals surface area contributed by atoms with Crippen molar-refractivity contribution in [2.24, 2.45) is 0 Å². The topological polar surface area (TPSA) is 28.5 Å². The van der Waals surface area contributed by atoms with Crippen LogP contribution in [-0.2, 0) is 12.1 Å². The van der Waals surface area contributed by atoms with Crippen LogP contribution in [-0.4, -0.2) is 40.9 Å². The minimum absolute atomic E-state index is 0.0118. The maximum Gasteiger partial charge on any atom is 0.255 e. The van der Waals surface area contributed by atoms with E-state index in [0.717, 1.165) is 31.5 Å². The summed E-state index contributed by atoms with van der Waals surface area (Å²) in [5.41, 5.74) is 3.34. The number of benzene rings is 1. The highest BCUT2D eigenvalue weighted by Crippen LogP contribution is 2.32. The van der Waals surface area contributed by atoms with E-state index in [1.807, 2.05) is 18.5 Å². The summed E-state index contributed by atoms with van der Waals surface area (Å²) in [6, 6.07) is 10.9. The van der Waals surface area contributed by atoms with Crippen molar-refractivity contribution < 1.29 is 4.79 Å². The molecule has 2 heterocycles. The molecule has 0 aliphatic carbocycles. The van der Waals surface area contributed by atoms with E-state index in [2.05, 4.69) is 73.5 Å². The van der Waals surface area contributed by atoms with Gasteiger partial charge in [-0.05, 0) is 71.3 Å². The van der Waals surface area contributed by atoms with E-state index < -0.39 is 0 Å². The van der Waals surface area contributed by atoms with Crippen molar-refractivity contribution in [1.29, 1.82) is 0 Å². The average molecular weight is 368 g/mol. The number of likely N-dealkylation sites (tertiary alicyclic amines) is 1. The van der Waals surface area contributed by atoms with Gasteiger partial charge in [0.25, 0.3) is 5.91 Å². The van der Waals surface area contributed by atoms with Crippen LogP contribution in [0.25, 0.3) is 0 Å². The molecule has 146 valence electrons. The van der Waals surface area contributed by atoms with Crippen LogP contribution in [0.15, 0.2) is 42.7 Å². The quantitative estimate of drug-likeness (QED) is 0.785. The lowest BCUT2D eigenvalue weighted by molar-refractivity contribution is 0.0611. The van der Waals surface area contributed by atoms with Crippen LogP contribution in [0.2, 0.25) is 0 Å². The number of rotatable bonds is 4. The first kappa shape index (κ1) is 19.7. The van der Waals surface area contributed by atoms with Gasteiger partial charge in [0.1, 0.15) is 0 Å². The molecule has 2 aromatic rings. The zero-order valence-electron chi connectivity index (χ0n) is 17.4. The van der Waals surface area contributed by atoms with Crippen molar-refractivity contribution in [3.05, 3.63) is 59.4 Å². The van der Waals surface area contributed by atoms with Gasteiger partial charge in [-0.15, -0.1) is 0 Å². The van der Waals surface area contributed by atoms with E-state index in [1.165, 1.54) is 17.5 Å². The monoisotopic (exact) mass is 367 g/mol. The van der Waals surface area contributed by atoms with Crippen LogP contribution < -0.4 is 0 Å².